The highest BCUT2D eigenvalue weighted by Crippen LogP contribution is 2.23. The molecule has 2 N–H and O–H groups in total. The van der Waals surface area contributed by atoms with Crippen molar-refractivity contribution in [3.8, 4) is 0 Å². The van der Waals surface area contributed by atoms with Gasteiger partial charge in [-0.05, 0) is 12.1 Å². The Hall–Kier alpha value is -1.06. The summed E-state index contributed by atoms with van der Waals surface area (Å²) in [4.78, 5) is 0. The van der Waals surface area contributed by atoms with E-state index in [2.05, 4.69) is 5.16 Å². The van der Waals surface area contributed by atoms with Crippen molar-refractivity contribution in [2.24, 2.45) is 5.73 Å². The molecular weight excluding hydrogens is 176 g/mol. The highest BCUT2D eigenvalue weighted by atomic mass is 35.5. The van der Waals surface area contributed by atoms with E-state index in [1.165, 1.54) is 0 Å². The van der Waals surface area contributed by atoms with Crippen molar-refractivity contribution >= 4 is 22.6 Å². The van der Waals surface area contributed by atoms with E-state index in [1.54, 1.807) is 18.3 Å². The monoisotopic (exact) mass is 182 g/mol. The summed E-state index contributed by atoms with van der Waals surface area (Å²) in [6.45, 7) is 0.409. The number of hydrogen-bond acceptors (Lipinski definition) is 3. The van der Waals surface area contributed by atoms with Gasteiger partial charge in [-0.25, -0.2) is 0 Å². The number of nitrogens with two attached hydrogens (primary N) is 1. The molecule has 0 bridgehead atoms. The normalized spacial score (nSPS) is 10.8. The molecule has 2 aromatic rings. The van der Waals surface area contributed by atoms with Crippen LogP contribution in [0.2, 0.25) is 5.02 Å². The van der Waals surface area contributed by atoms with Gasteiger partial charge < -0.3 is 10.3 Å². The Morgan fingerprint density at radius 2 is 2.33 bits per heavy atom. The molecule has 1 aromatic carbocycles. The molecular formula is C8H7ClN2O. The lowest BCUT2D eigenvalue weighted by Gasteiger charge is -1.97. The van der Waals surface area contributed by atoms with Gasteiger partial charge in [0.2, 0.25) is 0 Å². The average Bonchev–Trinajstić information content (AvgIpc) is 2.50. The maximum Gasteiger partial charge on any atom is 0.171 e. The van der Waals surface area contributed by atoms with Crippen LogP contribution in [-0.4, -0.2) is 5.16 Å². The molecule has 62 valence electrons. The topological polar surface area (TPSA) is 52.0 Å². The lowest BCUT2D eigenvalue weighted by molar-refractivity contribution is 0.454. The third kappa shape index (κ3) is 1.07. The van der Waals surface area contributed by atoms with E-state index >= 15 is 0 Å². The summed E-state index contributed by atoms with van der Waals surface area (Å²) in [6, 6.07) is 3.58. The Morgan fingerprint density at radius 3 is 3.08 bits per heavy atom. The van der Waals surface area contributed by atoms with Gasteiger partial charge in [0, 0.05) is 22.5 Å². The first kappa shape index (κ1) is 7.58. The summed E-state index contributed by atoms with van der Waals surface area (Å²) in [7, 11) is 0. The minimum Gasteiger partial charge on any atom is -0.356 e. The van der Waals surface area contributed by atoms with Gasteiger partial charge in [-0.3, -0.25) is 0 Å². The SMILES string of the molecule is NCc1cc(Cl)cc2cnoc12. The molecule has 0 saturated carbocycles. The quantitative estimate of drug-likeness (QED) is 0.734. The van der Waals surface area contributed by atoms with E-state index in [9.17, 15) is 0 Å². The van der Waals surface area contributed by atoms with Crippen LogP contribution in [0.15, 0.2) is 22.9 Å². The smallest absolute Gasteiger partial charge is 0.171 e. The Bertz CT molecular complexity index is 410. The van der Waals surface area contributed by atoms with Gasteiger partial charge in [0.25, 0.3) is 0 Å². The Morgan fingerprint density at radius 1 is 1.50 bits per heavy atom. The third-order valence-corrected chi connectivity index (χ3v) is 1.93. The van der Waals surface area contributed by atoms with Crippen molar-refractivity contribution in [3.63, 3.8) is 0 Å². The van der Waals surface area contributed by atoms with Crippen LogP contribution >= 0.6 is 11.6 Å². The lowest BCUT2D eigenvalue weighted by atomic mass is 10.1. The van der Waals surface area contributed by atoms with Gasteiger partial charge in [-0.1, -0.05) is 16.8 Å². The molecule has 0 fully saturated rings. The van der Waals surface area contributed by atoms with E-state index in [-0.39, 0.29) is 0 Å². The standard InChI is InChI=1S/C8H7ClN2O/c9-7-1-5(3-10)8-6(2-7)4-11-12-8/h1-2,4H,3,10H2. The van der Waals surface area contributed by atoms with Gasteiger partial charge in [-0.2, -0.15) is 0 Å². The molecule has 12 heavy (non-hydrogen) atoms. The molecule has 0 spiro atoms. The second-order valence-corrected chi connectivity index (χ2v) is 2.95. The number of nitrogens with zero attached hydrogens (tertiary/aromatic N) is 1. The lowest BCUT2D eigenvalue weighted by Crippen LogP contribution is -1.96. The summed E-state index contributed by atoms with van der Waals surface area (Å²) in [5.74, 6) is 0. The van der Waals surface area contributed by atoms with E-state index in [0.717, 1.165) is 16.5 Å². The first-order valence-corrected chi connectivity index (χ1v) is 3.92. The fraction of sp³-hybridized carbons (Fsp3) is 0.125. The number of fused-ring (bicyclic) bond motifs is 1. The summed E-state index contributed by atoms with van der Waals surface area (Å²) < 4.78 is 5.01. The number of halogens is 1. The molecule has 0 aliphatic carbocycles. The molecule has 1 heterocycles. The fourth-order valence-corrected chi connectivity index (χ4v) is 1.42. The summed E-state index contributed by atoms with van der Waals surface area (Å²) in [5, 5.41) is 5.21. The Kier molecular flexibility index (Phi) is 1.75. The minimum atomic E-state index is 0.409. The fourth-order valence-electron chi connectivity index (χ4n) is 1.17. The number of aromatic nitrogens is 1. The van der Waals surface area contributed by atoms with Crippen molar-refractivity contribution < 1.29 is 4.52 Å². The molecule has 0 saturated heterocycles. The van der Waals surface area contributed by atoms with E-state index in [1.807, 2.05) is 0 Å². The zero-order valence-electron chi connectivity index (χ0n) is 6.25. The van der Waals surface area contributed by atoms with E-state index < -0.39 is 0 Å². The summed E-state index contributed by atoms with van der Waals surface area (Å²) in [6.07, 6.45) is 1.63. The molecule has 0 unspecified atom stereocenters. The zero-order chi connectivity index (χ0) is 8.55. The van der Waals surface area contributed by atoms with Crippen LogP contribution in [0, 0.1) is 0 Å². The Balaban J connectivity index is 2.80. The number of benzene rings is 1. The van der Waals surface area contributed by atoms with Crippen molar-refractivity contribution in [1.82, 2.24) is 5.16 Å². The van der Waals surface area contributed by atoms with Crippen LogP contribution in [-0.2, 0) is 6.54 Å². The van der Waals surface area contributed by atoms with Crippen molar-refractivity contribution in [1.29, 1.82) is 0 Å². The predicted octanol–water partition coefficient (Wildman–Crippen LogP) is 1.94. The number of hydrogen-bond donors (Lipinski definition) is 1. The third-order valence-electron chi connectivity index (χ3n) is 1.72. The zero-order valence-corrected chi connectivity index (χ0v) is 7.01. The maximum atomic E-state index is 5.83. The van der Waals surface area contributed by atoms with Gasteiger partial charge in [0.05, 0.1) is 6.20 Å². The molecule has 2 rings (SSSR count). The molecule has 0 aliphatic heterocycles. The highest BCUT2D eigenvalue weighted by molar-refractivity contribution is 6.31. The predicted molar refractivity (Wildman–Crippen MR) is 46.9 cm³/mol. The van der Waals surface area contributed by atoms with Crippen LogP contribution in [0.25, 0.3) is 11.0 Å². The van der Waals surface area contributed by atoms with Crippen LogP contribution in [0.3, 0.4) is 0 Å². The van der Waals surface area contributed by atoms with Gasteiger partial charge in [0.1, 0.15) is 0 Å². The van der Waals surface area contributed by atoms with E-state index in [0.29, 0.717) is 11.6 Å². The molecule has 0 aliphatic rings. The molecule has 0 atom stereocenters. The first-order valence-electron chi connectivity index (χ1n) is 3.54. The molecule has 1 aromatic heterocycles. The molecule has 4 heteroatoms. The van der Waals surface area contributed by atoms with Crippen LogP contribution in [0.1, 0.15) is 5.56 Å². The second kappa shape index (κ2) is 2.77. The largest absolute Gasteiger partial charge is 0.356 e. The maximum absolute atomic E-state index is 5.83. The van der Waals surface area contributed by atoms with Crippen LogP contribution < -0.4 is 5.73 Å². The van der Waals surface area contributed by atoms with Gasteiger partial charge in [0.15, 0.2) is 5.58 Å². The van der Waals surface area contributed by atoms with Crippen molar-refractivity contribution in [2.45, 2.75) is 6.54 Å². The van der Waals surface area contributed by atoms with Gasteiger partial charge >= 0.3 is 0 Å². The summed E-state index contributed by atoms with van der Waals surface area (Å²) >= 11 is 5.83. The molecule has 3 nitrogen and oxygen atoms in total. The molecule has 0 radical (unpaired) electrons. The number of rotatable bonds is 1. The molecule has 0 amide bonds. The van der Waals surface area contributed by atoms with Crippen molar-refractivity contribution in [3.05, 3.63) is 28.9 Å². The van der Waals surface area contributed by atoms with Crippen molar-refractivity contribution in [2.75, 3.05) is 0 Å². The summed E-state index contributed by atoms with van der Waals surface area (Å²) in [5.41, 5.74) is 7.11. The van der Waals surface area contributed by atoms with Gasteiger partial charge in [-0.15, -0.1) is 0 Å². The highest BCUT2D eigenvalue weighted by Gasteiger charge is 2.05. The Labute approximate surface area is 74.1 Å². The first-order chi connectivity index (χ1) is 5.81. The van der Waals surface area contributed by atoms with E-state index in [4.69, 9.17) is 21.9 Å². The van der Waals surface area contributed by atoms with Crippen LogP contribution in [0.4, 0.5) is 0 Å². The minimum absolute atomic E-state index is 0.409. The van der Waals surface area contributed by atoms with Crippen LogP contribution in [0.5, 0.6) is 0 Å². The average molecular weight is 183 g/mol. The second-order valence-electron chi connectivity index (χ2n) is 2.51.